The second kappa shape index (κ2) is 42.2. The highest BCUT2D eigenvalue weighted by molar-refractivity contribution is 6.18. The van der Waals surface area contributed by atoms with E-state index >= 15 is 0 Å². The number of para-hydroxylation sites is 5. The Morgan fingerprint density at radius 1 is 0.184 bits per heavy atom. The van der Waals surface area contributed by atoms with Gasteiger partial charge in [-0.25, -0.2) is 39.9 Å². The summed E-state index contributed by atoms with van der Waals surface area (Å²) >= 11 is 0. The van der Waals surface area contributed by atoms with E-state index in [0.717, 1.165) is 123 Å². The summed E-state index contributed by atoms with van der Waals surface area (Å²) in [6.45, 7) is 10.3. The van der Waals surface area contributed by atoms with Crippen LogP contribution in [-0.2, 0) is 7.05 Å². The van der Waals surface area contributed by atoms with E-state index in [1.165, 1.54) is 87.9 Å². The molecule has 0 radical (unpaired) electrons. The summed E-state index contributed by atoms with van der Waals surface area (Å²) < 4.78 is 10.3. The zero-order valence-corrected chi connectivity index (χ0v) is 79.0. The van der Waals surface area contributed by atoms with Gasteiger partial charge in [-0.1, -0.05) is 328 Å². The van der Waals surface area contributed by atoms with Crippen molar-refractivity contribution in [3.63, 3.8) is 0 Å². The van der Waals surface area contributed by atoms with Gasteiger partial charge in [0.2, 0.25) is 0 Å². The lowest BCUT2D eigenvalue weighted by molar-refractivity contribution is 0.669. The van der Waals surface area contributed by atoms with Crippen LogP contribution in [0.1, 0.15) is 30.5 Å². The van der Waals surface area contributed by atoms with Crippen LogP contribution in [0.25, 0.3) is 218 Å². The van der Waals surface area contributed by atoms with Crippen LogP contribution in [0.4, 0.5) is 0 Å². The Morgan fingerprint density at radius 3 is 0.858 bits per heavy atom. The van der Waals surface area contributed by atoms with Gasteiger partial charge >= 0.3 is 0 Å². The number of rotatable bonds is 14. The fourth-order valence-electron chi connectivity index (χ4n) is 17.7. The molecule has 0 saturated heterocycles. The van der Waals surface area contributed by atoms with Crippen molar-refractivity contribution in [1.29, 1.82) is 0 Å². The molecule has 0 fully saturated rings. The minimum atomic E-state index is 0.637. The summed E-state index contributed by atoms with van der Waals surface area (Å²) in [5, 5.41) is 7.59. The predicted molar refractivity (Wildman–Crippen MR) is 582 cm³/mol. The molecule has 16 aromatic carbocycles. The van der Waals surface area contributed by atoms with E-state index < -0.39 is 0 Å². The molecule has 13 nitrogen and oxygen atoms in total. The smallest absolute Gasteiger partial charge is 0.160 e. The number of furan rings is 1. The number of pyridine rings is 2. The molecule has 25 aromatic rings. The SMILES string of the molecule is CC.Cc1ccc(-c2cc(-c3ccccn3)cc(-c3ccccn3)c2)cc1.Cc1ccc(-c2cc(-c3nc(-c4ccccc4)cc(-c4ccccc4)n3)cc(-c3nc(-c4ccccc4)cc(-c4ccccc4)n3)c2)cc1.Cc1ccc(-c2cc(-c3ncccn3)cc(-c3ncccn3)c2)cc1.Cn1c2ccccc2c2cc3c(cc21)c1ccccc1n3-c1ccccc1.c1ccc2c(c1)oc1ccccc12. The average molecular weight is 1820 g/mol. The Kier molecular flexibility index (Phi) is 27.0. The van der Waals surface area contributed by atoms with Crippen molar-refractivity contribution in [3.8, 4) is 152 Å². The van der Waals surface area contributed by atoms with Crippen LogP contribution < -0.4 is 0 Å². The lowest BCUT2D eigenvalue weighted by atomic mass is 9.96. The molecule has 0 saturated carbocycles. The lowest BCUT2D eigenvalue weighted by Gasteiger charge is -2.14. The summed E-state index contributed by atoms with van der Waals surface area (Å²) in [4.78, 5) is 47.2. The van der Waals surface area contributed by atoms with E-state index in [-0.39, 0.29) is 0 Å². The summed E-state index contributed by atoms with van der Waals surface area (Å²) in [6.07, 6.45) is 10.7. The maximum absolute atomic E-state index is 5.65. The highest BCUT2D eigenvalue weighted by Crippen LogP contribution is 2.42. The van der Waals surface area contributed by atoms with Crippen LogP contribution in [0.2, 0.25) is 0 Å². The predicted octanol–water partition coefficient (Wildman–Crippen LogP) is 32.6. The number of fused-ring (bicyclic) bond motifs is 9. The standard InChI is InChI=1S/C45H32N4.C25H18N2.C23H18N2.C21H16N4.C12H8O.C2H6/c1-31-22-24-32(25-23-31)37-26-38(44-46-40(33-14-6-2-7-15-33)29-41(47-44)34-16-8-3-9-17-34)28-39(27-37)45-48-42(35-18-10-4-11-19-35)30-43(49-45)36-20-12-5-13-21-36;1-26-22-13-7-5-11-18(22)20-16-25-21(15-24(20)26)19-12-6-8-14-23(19)27(25)17-9-3-2-4-10-17;1-17-8-10-18(11-9-17)19-14-20(22-6-2-4-12-24-22)16-21(15-19)23-7-3-5-13-25-23;1-15-4-6-16(7-5-15)17-12-18(20-22-8-2-9-23-20)14-19(13-17)21-24-10-3-11-25-21;1-3-7-11-9(5-1)10-6-2-4-8-12(10)13-11;1-2/h2-30H,1H3;2-16H,1H3;2-16H,1H3;2-14H,1H3;1-8H;1-2H3. The van der Waals surface area contributed by atoms with E-state index in [9.17, 15) is 0 Å². The van der Waals surface area contributed by atoms with Gasteiger partial charge in [-0.05, 0) is 206 Å². The molecule has 0 aliphatic rings. The molecule has 676 valence electrons. The normalized spacial score (nSPS) is 10.9. The van der Waals surface area contributed by atoms with Gasteiger partial charge in [0.25, 0.3) is 0 Å². The number of nitrogens with zero attached hydrogens (tertiary/aromatic N) is 12. The van der Waals surface area contributed by atoms with Crippen LogP contribution in [0.3, 0.4) is 0 Å². The zero-order chi connectivity index (χ0) is 95.8. The first-order valence-electron chi connectivity index (χ1n) is 47.4. The fourth-order valence-corrected chi connectivity index (χ4v) is 17.7. The van der Waals surface area contributed by atoms with Crippen molar-refractivity contribution < 1.29 is 4.42 Å². The van der Waals surface area contributed by atoms with Gasteiger partial charge in [-0.15, -0.1) is 0 Å². The fraction of sp³-hybridized carbons (Fsp3) is 0.0469. The molecule has 9 aromatic heterocycles. The maximum Gasteiger partial charge on any atom is 0.160 e. The van der Waals surface area contributed by atoms with Gasteiger partial charge in [0.1, 0.15) is 11.2 Å². The molecule has 0 N–H and O–H groups in total. The molecule has 0 aliphatic heterocycles. The zero-order valence-electron chi connectivity index (χ0n) is 79.0. The topological polar surface area (TPSA) is 152 Å². The number of aromatic nitrogens is 12. The molecule has 13 heteroatoms. The number of benzene rings is 16. The minimum absolute atomic E-state index is 0.637. The molecule has 25 rings (SSSR count). The van der Waals surface area contributed by atoms with Gasteiger partial charge in [0.15, 0.2) is 23.3 Å². The molecule has 0 amide bonds. The maximum atomic E-state index is 5.65. The summed E-state index contributed by atoms with van der Waals surface area (Å²) in [5.74, 6) is 2.65. The second-order valence-electron chi connectivity index (χ2n) is 34.2. The molecule has 141 heavy (non-hydrogen) atoms. The molecule has 0 aliphatic carbocycles. The molecule has 0 spiro atoms. The number of hydrogen-bond donors (Lipinski definition) is 0. The molecule has 0 atom stereocenters. The first kappa shape index (κ1) is 90.4. The lowest BCUT2D eigenvalue weighted by Crippen LogP contribution is -1.99. The number of aryl methyl sites for hydroxylation is 4. The van der Waals surface area contributed by atoms with Gasteiger partial charge < -0.3 is 13.6 Å². The van der Waals surface area contributed by atoms with E-state index in [2.05, 4.69) is 352 Å². The Hall–Kier alpha value is -18.5. The second-order valence-corrected chi connectivity index (χ2v) is 34.2. The highest BCUT2D eigenvalue weighted by atomic mass is 16.3. The van der Waals surface area contributed by atoms with Gasteiger partial charge in [0, 0.05) is 149 Å². The minimum Gasteiger partial charge on any atom is -0.456 e. The monoisotopic (exact) mass is 1820 g/mol. The van der Waals surface area contributed by atoms with E-state index in [1.54, 1.807) is 24.8 Å². The van der Waals surface area contributed by atoms with Crippen LogP contribution in [0.15, 0.2) is 491 Å². The van der Waals surface area contributed by atoms with E-state index in [1.807, 2.05) is 190 Å². The van der Waals surface area contributed by atoms with Crippen molar-refractivity contribution in [3.05, 3.63) is 503 Å². The molecule has 0 bridgehead atoms. The Morgan fingerprint density at radius 2 is 0.475 bits per heavy atom. The van der Waals surface area contributed by atoms with Crippen molar-refractivity contribution in [2.45, 2.75) is 34.6 Å². The average Bonchev–Trinajstić information content (AvgIpc) is 1.56. The van der Waals surface area contributed by atoms with E-state index in [0.29, 0.717) is 23.3 Å². The van der Waals surface area contributed by atoms with Crippen molar-refractivity contribution >= 4 is 65.6 Å². The Labute approximate surface area is 820 Å². The summed E-state index contributed by atoms with van der Waals surface area (Å²) in [5.41, 5.74) is 34.0. The van der Waals surface area contributed by atoms with Gasteiger partial charge in [0.05, 0.1) is 45.2 Å². The van der Waals surface area contributed by atoms with Crippen LogP contribution in [0.5, 0.6) is 0 Å². The largest absolute Gasteiger partial charge is 0.456 e. The molecular formula is C128H98N12O. The third-order valence-electron chi connectivity index (χ3n) is 24.8. The Bertz CT molecular complexity index is 8000. The molecule has 9 heterocycles. The van der Waals surface area contributed by atoms with Crippen LogP contribution in [-0.4, -0.2) is 59.0 Å². The number of hydrogen-bond acceptors (Lipinski definition) is 11. The quantitative estimate of drug-likeness (QED) is 0.102. The highest BCUT2D eigenvalue weighted by Gasteiger charge is 2.21. The summed E-state index contributed by atoms with van der Waals surface area (Å²) in [6, 6.07) is 155. The van der Waals surface area contributed by atoms with Crippen molar-refractivity contribution in [1.82, 2.24) is 59.0 Å². The van der Waals surface area contributed by atoms with Gasteiger partial charge in [-0.2, -0.15) is 0 Å². The van der Waals surface area contributed by atoms with Crippen LogP contribution in [0, 0.1) is 20.8 Å². The third-order valence-corrected chi connectivity index (χ3v) is 24.8. The first-order valence-corrected chi connectivity index (χ1v) is 47.4. The Balaban J connectivity index is 0.000000114. The molecular weight excluding hydrogens is 1720 g/mol. The molecule has 0 unspecified atom stereocenters. The van der Waals surface area contributed by atoms with E-state index in [4.69, 9.17) is 24.4 Å². The third kappa shape index (κ3) is 20.4. The van der Waals surface area contributed by atoms with Crippen molar-refractivity contribution in [2.24, 2.45) is 7.05 Å². The van der Waals surface area contributed by atoms with Crippen molar-refractivity contribution in [2.75, 3.05) is 0 Å². The summed E-state index contributed by atoms with van der Waals surface area (Å²) in [7, 11) is 2.16. The van der Waals surface area contributed by atoms with Crippen LogP contribution >= 0.6 is 0 Å². The van der Waals surface area contributed by atoms with Gasteiger partial charge in [-0.3, -0.25) is 9.97 Å². The first-order chi connectivity index (χ1) is 69.5.